The highest BCUT2D eigenvalue weighted by Crippen LogP contribution is 2.19. The molecule has 0 bridgehead atoms. The van der Waals surface area contributed by atoms with E-state index in [4.69, 9.17) is 0 Å². The first-order valence-corrected chi connectivity index (χ1v) is 10.8. The van der Waals surface area contributed by atoms with E-state index in [1.54, 1.807) is 18.0 Å². The molecule has 0 aliphatic carbocycles. The molecule has 0 aliphatic heterocycles. The average Bonchev–Trinajstić information content (AvgIpc) is 2.95. The Labute approximate surface area is 177 Å². The van der Waals surface area contributed by atoms with Crippen LogP contribution in [0.15, 0.2) is 59.7 Å². The number of rotatable bonds is 7. The zero-order valence-corrected chi connectivity index (χ0v) is 18.2. The fourth-order valence-electron chi connectivity index (χ4n) is 3.51. The smallest absolute Gasteiger partial charge is 0.250 e. The van der Waals surface area contributed by atoms with E-state index in [0.29, 0.717) is 5.75 Å². The lowest BCUT2D eigenvalue weighted by atomic mass is 10.1. The second-order valence-corrected chi connectivity index (χ2v) is 8.26. The molecular weight excluding hydrogens is 378 g/mol. The van der Waals surface area contributed by atoms with E-state index in [9.17, 15) is 4.79 Å². The average molecular weight is 406 g/mol. The molecule has 1 heterocycles. The molecule has 3 rings (SSSR count). The van der Waals surface area contributed by atoms with E-state index < -0.39 is 0 Å². The first kappa shape index (κ1) is 20.9. The molecule has 2 aromatic carbocycles. The highest BCUT2D eigenvalue weighted by Gasteiger charge is 2.09. The fourth-order valence-corrected chi connectivity index (χ4v) is 4.27. The zero-order valence-electron chi connectivity index (χ0n) is 17.4. The number of carbonyl (C=O) groups excluding carboxylic acids is 1. The Balaban J connectivity index is 1.54. The summed E-state index contributed by atoms with van der Waals surface area (Å²) in [5, 5.41) is 4.15. The van der Waals surface area contributed by atoms with Crippen LogP contribution < -0.4 is 5.43 Å². The molecule has 0 atom stereocenters. The van der Waals surface area contributed by atoms with Gasteiger partial charge in [-0.3, -0.25) is 4.79 Å². The number of nitrogens with one attached hydrogen (secondary N) is 1. The van der Waals surface area contributed by atoms with Gasteiger partial charge in [-0.05, 0) is 51.5 Å². The quantitative estimate of drug-likeness (QED) is 0.439. The molecule has 150 valence electrons. The minimum absolute atomic E-state index is 0.0903. The number of hydrogen-bond donors (Lipinski definition) is 1. The van der Waals surface area contributed by atoms with Gasteiger partial charge in [0.05, 0.1) is 12.0 Å². The van der Waals surface area contributed by atoms with Crippen molar-refractivity contribution < 1.29 is 4.79 Å². The molecule has 0 fully saturated rings. The number of hydrogen-bond acceptors (Lipinski definition) is 3. The summed E-state index contributed by atoms with van der Waals surface area (Å²) in [5.41, 5.74) is 10.7. The van der Waals surface area contributed by atoms with Crippen LogP contribution in [0.4, 0.5) is 0 Å². The monoisotopic (exact) mass is 405 g/mol. The molecule has 0 saturated heterocycles. The standard InChI is InChI=1S/C24H27N3OS/c1-17-10-18(2)12-21(11-17)15-29-16-24(28)26-25-14-22-13-19(3)27(20(22)4)23-8-6-5-7-9-23/h5-14H,15-16H2,1-4H3,(H,26,28)/b25-14+. The Morgan fingerprint density at radius 1 is 1.03 bits per heavy atom. The molecule has 1 N–H and O–H groups in total. The number of amides is 1. The maximum absolute atomic E-state index is 12.1. The van der Waals surface area contributed by atoms with Gasteiger partial charge in [-0.1, -0.05) is 47.5 Å². The van der Waals surface area contributed by atoms with Gasteiger partial charge >= 0.3 is 0 Å². The summed E-state index contributed by atoms with van der Waals surface area (Å²) < 4.78 is 2.18. The van der Waals surface area contributed by atoms with Crippen LogP contribution in [-0.4, -0.2) is 22.4 Å². The van der Waals surface area contributed by atoms with Crippen LogP contribution in [-0.2, 0) is 10.5 Å². The van der Waals surface area contributed by atoms with Gasteiger partial charge in [0.15, 0.2) is 0 Å². The molecule has 0 aliphatic rings. The van der Waals surface area contributed by atoms with Gasteiger partial charge in [0.1, 0.15) is 0 Å². The van der Waals surface area contributed by atoms with Gasteiger partial charge in [0, 0.05) is 28.4 Å². The highest BCUT2D eigenvalue weighted by atomic mass is 32.2. The van der Waals surface area contributed by atoms with E-state index in [-0.39, 0.29) is 5.91 Å². The van der Waals surface area contributed by atoms with Crippen molar-refractivity contribution in [1.29, 1.82) is 0 Å². The lowest BCUT2D eigenvalue weighted by Crippen LogP contribution is -2.19. The highest BCUT2D eigenvalue weighted by molar-refractivity contribution is 7.99. The SMILES string of the molecule is Cc1cc(C)cc(CSCC(=O)N/N=C/c2cc(C)n(-c3ccccc3)c2C)c1. The largest absolute Gasteiger partial charge is 0.318 e. The number of para-hydroxylation sites is 1. The van der Waals surface area contributed by atoms with Crippen molar-refractivity contribution in [3.8, 4) is 5.69 Å². The minimum atomic E-state index is -0.0903. The Bertz CT molecular complexity index is 1000. The van der Waals surface area contributed by atoms with E-state index in [2.05, 4.69) is 79.2 Å². The molecule has 1 aromatic heterocycles. The third kappa shape index (κ3) is 5.61. The first-order chi connectivity index (χ1) is 13.9. The van der Waals surface area contributed by atoms with Crippen LogP contribution in [0.2, 0.25) is 0 Å². The number of thioether (sulfide) groups is 1. The molecule has 4 nitrogen and oxygen atoms in total. The van der Waals surface area contributed by atoms with Gasteiger partial charge in [-0.25, -0.2) is 5.43 Å². The van der Waals surface area contributed by atoms with Crippen molar-refractivity contribution in [2.24, 2.45) is 5.10 Å². The molecule has 29 heavy (non-hydrogen) atoms. The van der Waals surface area contributed by atoms with Crippen molar-refractivity contribution in [3.63, 3.8) is 0 Å². The van der Waals surface area contributed by atoms with E-state index in [1.807, 2.05) is 18.2 Å². The number of carbonyl (C=O) groups is 1. The number of nitrogens with zero attached hydrogens (tertiary/aromatic N) is 2. The maximum Gasteiger partial charge on any atom is 0.250 e. The summed E-state index contributed by atoms with van der Waals surface area (Å²) in [6.45, 7) is 8.32. The summed E-state index contributed by atoms with van der Waals surface area (Å²) >= 11 is 1.60. The summed E-state index contributed by atoms with van der Waals surface area (Å²) in [7, 11) is 0. The van der Waals surface area contributed by atoms with Gasteiger partial charge < -0.3 is 4.57 Å². The van der Waals surface area contributed by atoms with Crippen molar-refractivity contribution in [3.05, 3.63) is 88.2 Å². The van der Waals surface area contributed by atoms with Crippen molar-refractivity contribution >= 4 is 23.9 Å². The third-order valence-corrected chi connectivity index (χ3v) is 5.66. The molecular formula is C24H27N3OS. The van der Waals surface area contributed by atoms with Crippen LogP contribution in [0.25, 0.3) is 5.69 Å². The Kier molecular flexibility index (Phi) is 6.94. The van der Waals surface area contributed by atoms with Crippen LogP contribution >= 0.6 is 11.8 Å². The molecule has 0 saturated carbocycles. The van der Waals surface area contributed by atoms with Crippen molar-refractivity contribution in [1.82, 2.24) is 9.99 Å². The minimum Gasteiger partial charge on any atom is -0.318 e. The summed E-state index contributed by atoms with van der Waals surface area (Å²) in [5.74, 6) is 1.11. The summed E-state index contributed by atoms with van der Waals surface area (Å²) in [6, 6.07) is 18.8. The summed E-state index contributed by atoms with van der Waals surface area (Å²) in [6.07, 6.45) is 1.72. The first-order valence-electron chi connectivity index (χ1n) is 9.65. The molecule has 5 heteroatoms. The topological polar surface area (TPSA) is 46.4 Å². The molecule has 1 amide bonds. The van der Waals surface area contributed by atoms with E-state index >= 15 is 0 Å². The van der Waals surface area contributed by atoms with Gasteiger partial charge in [-0.2, -0.15) is 5.10 Å². The van der Waals surface area contributed by atoms with Gasteiger partial charge in [0.2, 0.25) is 5.91 Å². The molecule has 3 aromatic rings. The predicted octanol–water partition coefficient (Wildman–Crippen LogP) is 5.09. The Hall–Kier alpha value is -2.79. The van der Waals surface area contributed by atoms with Crippen LogP contribution in [0.3, 0.4) is 0 Å². The predicted molar refractivity (Wildman–Crippen MR) is 123 cm³/mol. The van der Waals surface area contributed by atoms with Crippen LogP contribution in [0.5, 0.6) is 0 Å². The Morgan fingerprint density at radius 3 is 2.41 bits per heavy atom. The van der Waals surface area contributed by atoms with Gasteiger partial charge in [-0.15, -0.1) is 11.8 Å². The van der Waals surface area contributed by atoms with Crippen molar-refractivity contribution in [2.45, 2.75) is 33.4 Å². The normalized spacial score (nSPS) is 11.2. The number of aromatic nitrogens is 1. The number of hydrazone groups is 1. The van der Waals surface area contributed by atoms with Crippen LogP contribution in [0.1, 0.15) is 33.6 Å². The number of aryl methyl sites for hydroxylation is 3. The zero-order chi connectivity index (χ0) is 20.8. The lowest BCUT2D eigenvalue weighted by Gasteiger charge is -2.09. The molecule has 0 unspecified atom stereocenters. The molecule has 0 radical (unpaired) electrons. The Morgan fingerprint density at radius 2 is 1.72 bits per heavy atom. The maximum atomic E-state index is 12.1. The third-order valence-electron chi connectivity index (χ3n) is 4.66. The van der Waals surface area contributed by atoms with Crippen molar-refractivity contribution in [2.75, 3.05) is 5.75 Å². The summed E-state index contributed by atoms with van der Waals surface area (Å²) in [4.78, 5) is 12.1. The van der Waals surface area contributed by atoms with E-state index in [1.165, 1.54) is 16.7 Å². The lowest BCUT2D eigenvalue weighted by molar-refractivity contribution is -0.118. The van der Waals surface area contributed by atoms with E-state index in [0.717, 1.165) is 28.4 Å². The second kappa shape index (κ2) is 9.61. The van der Waals surface area contributed by atoms with Gasteiger partial charge in [0.25, 0.3) is 0 Å². The number of benzene rings is 2. The fraction of sp³-hybridized carbons (Fsp3) is 0.250. The second-order valence-electron chi connectivity index (χ2n) is 7.28. The van der Waals surface area contributed by atoms with Crippen LogP contribution in [0, 0.1) is 27.7 Å². The molecule has 0 spiro atoms.